The third kappa shape index (κ3) is 64.6. The Morgan fingerprint density at radius 2 is 0.517 bits per heavy atom. The zero-order valence-electron chi connectivity index (χ0n) is 57.6. The molecule has 0 aromatic rings. The van der Waals surface area contributed by atoms with E-state index in [4.69, 9.17) is 37.0 Å². The molecule has 0 amide bonds. The number of aliphatic hydroxyl groups is 1. The number of unbranched alkanes of at least 4 members (excludes halogenated alkanes) is 42. The molecule has 0 saturated carbocycles. The quantitative estimate of drug-likeness (QED) is 0.0222. The van der Waals surface area contributed by atoms with Gasteiger partial charge in [0.15, 0.2) is 12.2 Å². The molecular weight excluding hydrogens is 1170 g/mol. The van der Waals surface area contributed by atoms with Crippen LogP contribution in [0.25, 0.3) is 0 Å². The average Bonchev–Trinajstić information content (AvgIpc) is 3.66. The molecule has 0 spiro atoms. The third-order valence-electron chi connectivity index (χ3n) is 16.3. The van der Waals surface area contributed by atoms with Gasteiger partial charge in [-0.2, -0.15) is 0 Å². The van der Waals surface area contributed by atoms with Gasteiger partial charge in [0.1, 0.15) is 19.3 Å². The molecule has 17 nitrogen and oxygen atoms in total. The number of ether oxygens (including phenoxy) is 4. The number of esters is 4. The Bertz CT molecular complexity index is 1720. The molecule has 0 radical (unpaired) electrons. The van der Waals surface area contributed by atoms with Crippen molar-refractivity contribution in [1.82, 2.24) is 0 Å². The van der Waals surface area contributed by atoms with Crippen LogP contribution in [-0.4, -0.2) is 96.7 Å². The summed E-state index contributed by atoms with van der Waals surface area (Å²) in [4.78, 5) is 72.5. The van der Waals surface area contributed by atoms with Crippen molar-refractivity contribution < 1.29 is 80.2 Å². The predicted molar refractivity (Wildman–Crippen MR) is 358 cm³/mol. The minimum atomic E-state index is -4.95. The summed E-state index contributed by atoms with van der Waals surface area (Å²) >= 11 is 0. The summed E-state index contributed by atoms with van der Waals surface area (Å²) in [6.07, 6.45) is 49.9. The van der Waals surface area contributed by atoms with Gasteiger partial charge in [-0.3, -0.25) is 37.3 Å². The monoisotopic (exact) mass is 1310 g/mol. The lowest BCUT2D eigenvalue weighted by molar-refractivity contribution is -0.161. The molecule has 0 saturated heterocycles. The van der Waals surface area contributed by atoms with Crippen molar-refractivity contribution >= 4 is 39.5 Å². The van der Waals surface area contributed by atoms with E-state index < -0.39 is 97.5 Å². The Labute approximate surface area is 543 Å². The fraction of sp³-hybridized carbons (Fsp3) is 0.943. The maximum Gasteiger partial charge on any atom is 0.472 e. The normalized spacial score (nSPS) is 14.1. The van der Waals surface area contributed by atoms with Gasteiger partial charge in [-0.25, -0.2) is 9.13 Å². The lowest BCUT2D eigenvalue weighted by Gasteiger charge is -2.21. The molecule has 0 aliphatic heterocycles. The first kappa shape index (κ1) is 87.1. The van der Waals surface area contributed by atoms with E-state index in [9.17, 15) is 43.2 Å². The molecule has 0 aromatic heterocycles. The van der Waals surface area contributed by atoms with Crippen molar-refractivity contribution in [2.75, 3.05) is 39.6 Å². The zero-order chi connectivity index (χ0) is 65.6. The van der Waals surface area contributed by atoms with Crippen LogP contribution in [0.15, 0.2) is 0 Å². The number of carbonyl (C=O) groups excluding carboxylic acids is 4. The summed E-state index contributed by atoms with van der Waals surface area (Å²) in [6.45, 7) is 7.18. The van der Waals surface area contributed by atoms with Crippen LogP contribution in [0.4, 0.5) is 0 Å². The Kier molecular flexibility index (Phi) is 62.1. The summed E-state index contributed by atoms with van der Waals surface area (Å²) in [5.41, 5.74) is 0. The van der Waals surface area contributed by atoms with E-state index in [0.717, 1.165) is 89.9 Å². The van der Waals surface area contributed by atoms with Gasteiger partial charge in [-0.15, -0.1) is 0 Å². The van der Waals surface area contributed by atoms with Gasteiger partial charge in [0.2, 0.25) is 0 Å². The van der Waals surface area contributed by atoms with E-state index in [1.165, 1.54) is 186 Å². The minimum Gasteiger partial charge on any atom is -0.462 e. The summed E-state index contributed by atoms with van der Waals surface area (Å²) < 4.78 is 68.2. The molecule has 528 valence electrons. The van der Waals surface area contributed by atoms with Gasteiger partial charge in [0.05, 0.1) is 26.4 Å². The number of hydrogen-bond acceptors (Lipinski definition) is 15. The summed E-state index contributed by atoms with van der Waals surface area (Å²) in [5, 5.41) is 10.6. The van der Waals surface area contributed by atoms with E-state index in [-0.39, 0.29) is 25.7 Å². The Morgan fingerprint density at radius 3 is 0.764 bits per heavy atom. The molecular formula is C70H136O17P2. The SMILES string of the molecule is CCCCCCCCCCCCCCCCCCC(=O)O[C@H](COC(=O)CCCCCCCCCCCCCCC)COP(=O)(O)OC[C@@H](O)COP(=O)(O)OC[C@@H](COC(=O)CCCCCCCCCCCC)OC(=O)CCCCCCCCCC(C)C. The molecule has 0 aromatic carbocycles. The van der Waals surface area contributed by atoms with Crippen molar-refractivity contribution in [3.05, 3.63) is 0 Å². The summed E-state index contributed by atoms with van der Waals surface area (Å²) in [6, 6.07) is 0. The van der Waals surface area contributed by atoms with Gasteiger partial charge < -0.3 is 33.8 Å². The number of phosphoric acid groups is 2. The summed E-state index contributed by atoms with van der Waals surface area (Å²) in [5.74, 6) is -1.43. The number of rotatable bonds is 70. The van der Waals surface area contributed by atoms with E-state index in [1.54, 1.807) is 0 Å². The fourth-order valence-electron chi connectivity index (χ4n) is 10.6. The topological polar surface area (TPSA) is 237 Å². The van der Waals surface area contributed by atoms with Crippen molar-refractivity contribution in [2.24, 2.45) is 5.92 Å². The van der Waals surface area contributed by atoms with E-state index >= 15 is 0 Å². The van der Waals surface area contributed by atoms with Crippen LogP contribution in [0, 0.1) is 5.92 Å². The number of hydrogen-bond donors (Lipinski definition) is 3. The molecule has 89 heavy (non-hydrogen) atoms. The van der Waals surface area contributed by atoms with Gasteiger partial charge >= 0.3 is 39.5 Å². The third-order valence-corrected chi connectivity index (χ3v) is 18.2. The Balaban J connectivity index is 5.23. The smallest absolute Gasteiger partial charge is 0.462 e. The van der Waals surface area contributed by atoms with Crippen molar-refractivity contribution in [3.8, 4) is 0 Å². The van der Waals surface area contributed by atoms with Gasteiger partial charge in [0, 0.05) is 25.7 Å². The van der Waals surface area contributed by atoms with Crippen molar-refractivity contribution in [3.63, 3.8) is 0 Å². The Morgan fingerprint density at radius 1 is 0.303 bits per heavy atom. The fourth-order valence-corrected chi connectivity index (χ4v) is 12.2. The van der Waals surface area contributed by atoms with Gasteiger partial charge in [-0.05, 0) is 31.6 Å². The first-order chi connectivity index (χ1) is 43.0. The highest BCUT2D eigenvalue weighted by Crippen LogP contribution is 2.45. The second-order valence-corrected chi connectivity index (χ2v) is 28.7. The van der Waals surface area contributed by atoms with E-state index in [0.29, 0.717) is 31.6 Å². The predicted octanol–water partition coefficient (Wildman–Crippen LogP) is 20.1. The van der Waals surface area contributed by atoms with Crippen LogP contribution >= 0.6 is 15.6 Å². The maximum absolute atomic E-state index is 13.0. The van der Waals surface area contributed by atoms with Crippen LogP contribution in [-0.2, 0) is 65.4 Å². The van der Waals surface area contributed by atoms with Crippen LogP contribution in [0.1, 0.15) is 362 Å². The molecule has 19 heteroatoms. The highest BCUT2D eigenvalue weighted by Gasteiger charge is 2.30. The molecule has 5 atom stereocenters. The highest BCUT2D eigenvalue weighted by molar-refractivity contribution is 7.47. The second kappa shape index (κ2) is 63.5. The average molecular weight is 1310 g/mol. The molecule has 0 aliphatic rings. The molecule has 0 aliphatic carbocycles. The van der Waals surface area contributed by atoms with Crippen LogP contribution in [0.3, 0.4) is 0 Å². The standard InChI is InChI=1S/C70H136O17P2/c1-6-9-12-15-18-21-24-26-27-28-30-32-35-40-45-50-55-69(74)86-65(59-81-68(73)54-49-44-39-34-31-29-25-22-19-16-13-10-7-2)61-84-88(76,77)82-57-64(71)58-83-89(78,79)85-62-66(87-70(75)56-51-46-41-36-37-42-47-52-63(4)5)60-80-67(72)53-48-43-38-33-23-20-17-14-11-8-3/h63-66,71H,6-62H2,1-5H3,(H,76,77)(H,78,79)/t64-,65-,66-/m1/s1. The van der Waals surface area contributed by atoms with Gasteiger partial charge in [0.25, 0.3) is 0 Å². The van der Waals surface area contributed by atoms with E-state index in [2.05, 4.69) is 34.6 Å². The largest absolute Gasteiger partial charge is 0.472 e. The van der Waals surface area contributed by atoms with Crippen molar-refractivity contribution in [2.45, 2.75) is 380 Å². The Hall–Kier alpha value is -1.94. The summed E-state index contributed by atoms with van der Waals surface area (Å²) in [7, 11) is -9.90. The molecule has 0 heterocycles. The lowest BCUT2D eigenvalue weighted by atomic mass is 10.0. The number of aliphatic hydroxyl groups excluding tert-OH is 1. The van der Waals surface area contributed by atoms with Gasteiger partial charge in [-0.1, -0.05) is 311 Å². The molecule has 0 bridgehead atoms. The first-order valence-corrected chi connectivity index (χ1v) is 39.6. The maximum atomic E-state index is 13.0. The number of carbonyl (C=O) groups is 4. The first-order valence-electron chi connectivity index (χ1n) is 36.6. The van der Waals surface area contributed by atoms with Crippen LogP contribution in [0.5, 0.6) is 0 Å². The van der Waals surface area contributed by atoms with Crippen LogP contribution < -0.4 is 0 Å². The second-order valence-electron chi connectivity index (χ2n) is 25.7. The van der Waals surface area contributed by atoms with Crippen LogP contribution in [0.2, 0.25) is 0 Å². The number of phosphoric ester groups is 2. The molecule has 3 N–H and O–H groups in total. The van der Waals surface area contributed by atoms with E-state index in [1.807, 2.05) is 0 Å². The molecule has 0 fully saturated rings. The molecule has 0 rings (SSSR count). The lowest BCUT2D eigenvalue weighted by Crippen LogP contribution is -2.30. The highest BCUT2D eigenvalue weighted by atomic mass is 31.2. The van der Waals surface area contributed by atoms with Crippen molar-refractivity contribution in [1.29, 1.82) is 0 Å². The molecule has 2 unspecified atom stereocenters. The zero-order valence-corrected chi connectivity index (χ0v) is 59.4. The minimum absolute atomic E-state index is 0.104.